The van der Waals surface area contributed by atoms with Crippen molar-refractivity contribution in [3.05, 3.63) is 0 Å². The third-order valence-electron chi connectivity index (χ3n) is 2.56. The summed E-state index contributed by atoms with van der Waals surface area (Å²) in [6, 6.07) is 1.96. The van der Waals surface area contributed by atoms with E-state index in [2.05, 4.69) is 5.32 Å². The number of nitriles is 1. The van der Waals surface area contributed by atoms with Crippen LogP contribution in [0.15, 0.2) is 0 Å². The van der Waals surface area contributed by atoms with Crippen LogP contribution < -0.4 is 5.32 Å². The smallest absolute Gasteiger partial charge is 0.221 e. The minimum atomic E-state index is 0.0147. The molecule has 1 fully saturated rings. The summed E-state index contributed by atoms with van der Waals surface area (Å²) in [6.07, 6.45) is 5.80. The highest BCUT2D eigenvalue weighted by atomic mass is 16.1. The van der Waals surface area contributed by atoms with Crippen LogP contribution in [0.5, 0.6) is 0 Å². The fourth-order valence-corrected chi connectivity index (χ4v) is 1.46. The molecule has 3 nitrogen and oxygen atoms in total. The molecule has 0 radical (unpaired) electrons. The summed E-state index contributed by atoms with van der Waals surface area (Å²) >= 11 is 0. The summed E-state index contributed by atoms with van der Waals surface area (Å²) in [5, 5.41) is 11.1. The molecule has 0 aliphatic heterocycles. The van der Waals surface area contributed by atoms with Crippen molar-refractivity contribution in [3.8, 4) is 6.07 Å². The van der Waals surface area contributed by atoms with Gasteiger partial charge in [-0.3, -0.25) is 4.79 Å². The number of carbonyl (C=O) groups excluding carboxylic acids is 1. The molecule has 0 atom stereocenters. The van der Waals surface area contributed by atoms with Gasteiger partial charge in [0.15, 0.2) is 0 Å². The lowest BCUT2D eigenvalue weighted by Gasteiger charge is -2.25. The Bertz CT molecular complexity index is 203. The highest BCUT2D eigenvalue weighted by Gasteiger charge is 2.16. The Kier molecular flexibility index (Phi) is 4.31. The molecule has 0 unspecified atom stereocenters. The van der Waals surface area contributed by atoms with Gasteiger partial charge < -0.3 is 5.32 Å². The van der Waals surface area contributed by atoms with Crippen LogP contribution in [0.3, 0.4) is 0 Å². The van der Waals surface area contributed by atoms with E-state index in [0.29, 0.717) is 12.8 Å². The number of amides is 1. The molecule has 1 rings (SSSR count). The predicted octanol–water partition coefficient (Wildman–Crippen LogP) is 1.60. The molecule has 1 amide bonds. The number of hydrogen-bond acceptors (Lipinski definition) is 2. The van der Waals surface area contributed by atoms with Crippen molar-refractivity contribution in [1.29, 1.82) is 5.26 Å². The van der Waals surface area contributed by atoms with Crippen LogP contribution in [0.2, 0.25) is 0 Å². The summed E-state index contributed by atoms with van der Waals surface area (Å²) in [6.45, 7) is 0.787. The van der Waals surface area contributed by atoms with Crippen molar-refractivity contribution in [1.82, 2.24) is 5.32 Å². The number of carbonyl (C=O) groups is 1. The Morgan fingerprint density at radius 1 is 1.54 bits per heavy atom. The van der Waals surface area contributed by atoms with Crippen molar-refractivity contribution in [2.45, 2.75) is 38.5 Å². The zero-order chi connectivity index (χ0) is 9.52. The van der Waals surface area contributed by atoms with Gasteiger partial charge in [0.25, 0.3) is 0 Å². The maximum atomic E-state index is 11.0. The van der Waals surface area contributed by atoms with Crippen LogP contribution >= 0.6 is 0 Å². The molecule has 0 aromatic heterocycles. The topological polar surface area (TPSA) is 52.9 Å². The van der Waals surface area contributed by atoms with Gasteiger partial charge in [-0.15, -0.1) is 0 Å². The van der Waals surface area contributed by atoms with Gasteiger partial charge in [0, 0.05) is 19.4 Å². The molecule has 0 saturated heterocycles. The molecule has 1 N–H and O–H groups in total. The molecule has 0 heterocycles. The number of hydrogen-bond donors (Lipinski definition) is 1. The van der Waals surface area contributed by atoms with Gasteiger partial charge >= 0.3 is 0 Å². The Labute approximate surface area is 79.1 Å². The fourth-order valence-electron chi connectivity index (χ4n) is 1.46. The van der Waals surface area contributed by atoms with Gasteiger partial charge in [-0.05, 0) is 12.3 Å². The Morgan fingerprint density at radius 3 is 2.85 bits per heavy atom. The van der Waals surface area contributed by atoms with Crippen LogP contribution in [-0.2, 0) is 4.79 Å². The van der Waals surface area contributed by atoms with E-state index in [-0.39, 0.29) is 5.91 Å². The van der Waals surface area contributed by atoms with Gasteiger partial charge in [-0.25, -0.2) is 0 Å². The van der Waals surface area contributed by atoms with E-state index >= 15 is 0 Å². The molecule has 0 spiro atoms. The highest BCUT2D eigenvalue weighted by molar-refractivity contribution is 5.75. The first-order chi connectivity index (χ1) is 6.33. The van der Waals surface area contributed by atoms with Crippen molar-refractivity contribution in [3.63, 3.8) is 0 Å². The Balaban J connectivity index is 1.92. The summed E-state index contributed by atoms with van der Waals surface area (Å²) < 4.78 is 0. The van der Waals surface area contributed by atoms with Crippen LogP contribution in [0.4, 0.5) is 0 Å². The maximum absolute atomic E-state index is 11.0. The van der Waals surface area contributed by atoms with Crippen LogP contribution in [0, 0.1) is 17.2 Å². The monoisotopic (exact) mass is 180 g/mol. The van der Waals surface area contributed by atoms with Crippen LogP contribution in [-0.4, -0.2) is 12.5 Å². The number of rotatable bonds is 5. The number of nitrogens with zero attached hydrogens (tertiary/aromatic N) is 1. The lowest BCUT2D eigenvalue weighted by Crippen LogP contribution is -2.26. The zero-order valence-electron chi connectivity index (χ0n) is 7.88. The molecule has 0 bridgehead atoms. The van der Waals surface area contributed by atoms with Crippen molar-refractivity contribution < 1.29 is 4.79 Å². The summed E-state index contributed by atoms with van der Waals surface area (Å²) in [4.78, 5) is 11.0. The van der Waals surface area contributed by atoms with E-state index in [1.165, 1.54) is 19.3 Å². The molecule has 0 aromatic rings. The molecule has 13 heavy (non-hydrogen) atoms. The second-order valence-corrected chi connectivity index (χ2v) is 3.59. The lowest BCUT2D eigenvalue weighted by atomic mass is 9.83. The molecule has 1 aliphatic rings. The molecular formula is C10H16N2O. The lowest BCUT2D eigenvalue weighted by molar-refractivity contribution is -0.121. The largest absolute Gasteiger partial charge is 0.356 e. The second-order valence-electron chi connectivity index (χ2n) is 3.59. The quantitative estimate of drug-likeness (QED) is 0.698. The standard InChI is InChI=1S/C10H16N2O/c11-7-2-5-10(13)12-8-6-9-3-1-4-9/h9H,1-6,8H2,(H,12,13). The predicted molar refractivity (Wildman–Crippen MR) is 49.8 cm³/mol. The fraction of sp³-hybridized carbons (Fsp3) is 0.800. The third-order valence-corrected chi connectivity index (χ3v) is 2.56. The Hall–Kier alpha value is -1.04. The van der Waals surface area contributed by atoms with Crippen molar-refractivity contribution in [2.75, 3.05) is 6.54 Å². The van der Waals surface area contributed by atoms with E-state index in [1.54, 1.807) is 0 Å². The molecule has 3 heteroatoms. The van der Waals surface area contributed by atoms with Gasteiger partial charge in [-0.2, -0.15) is 5.26 Å². The van der Waals surface area contributed by atoms with Gasteiger partial charge in [0.05, 0.1) is 6.07 Å². The summed E-state index contributed by atoms with van der Waals surface area (Å²) in [7, 11) is 0. The highest BCUT2D eigenvalue weighted by Crippen LogP contribution is 2.28. The van der Waals surface area contributed by atoms with E-state index in [4.69, 9.17) is 5.26 Å². The van der Waals surface area contributed by atoms with Crippen LogP contribution in [0.25, 0.3) is 0 Å². The molecular weight excluding hydrogens is 164 g/mol. The summed E-state index contributed by atoms with van der Waals surface area (Å²) in [5.74, 6) is 0.858. The summed E-state index contributed by atoms with van der Waals surface area (Å²) in [5.41, 5.74) is 0. The minimum Gasteiger partial charge on any atom is -0.356 e. The van der Waals surface area contributed by atoms with Crippen molar-refractivity contribution >= 4 is 5.91 Å². The first-order valence-electron chi connectivity index (χ1n) is 4.96. The minimum absolute atomic E-state index is 0.0147. The van der Waals surface area contributed by atoms with E-state index in [1.807, 2.05) is 6.07 Å². The first kappa shape index (κ1) is 10.0. The van der Waals surface area contributed by atoms with E-state index in [9.17, 15) is 4.79 Å². The van der Waals surface area contributed by atoms with Crippen molar-refractivity contribution in [2.24, 2.45) is 5.92 Å². The molecule has 72 valence electrons. The third kappa shape index (κ3) is 3.93. The Morgan fingerprint density at radius 2 is 2.31 bits per heavy atom. The number of nitrogens with one attached hydrogen (secondary N) is 1. The first-order valence-corrected chi connectivity index (χ1v) is 4.96. The molecule has 1 aliphatic carbocycles. The molecule has 1 saturated carbocycles. The van der Waals surface area contributed by atoms with Gasteiger partial charge in [-0.1, -0.05) is 19.3 Å². The SMILES string of the molecule is N#CCCC(=O)NCCC1CCC1. The van der Waals surface area contributed by atoms with E-state index in [0.717, 1.165) is 18.9 Å². The van der Waals surface area contributed by atoms with E-state index < -0.39 is 0 Å². The van der Waals surface area contributed by atoms with Gasteiger partial charge in [0.2, 0.25) is 5.91 Å². The average Bonchev–Trinajstić information content (AvgIpc) is 2.06. The molecule has 0 aromatic carbocycles. The normalized spacial score (nSPS) is 15.9. The maximum Gasteiger partial charge on any atom is 0.221 e. The zero-order valence-corrected chi connectivity index (χ0v) is 7.88. The average molecular weight is 180 g/mol. The van der Waals surface area contributed by atoms with Crippen LogP contribution in [0.1, 0.15) is 38.5 Å². The second kappa shape index (κ2) is 5.58. The van der Waals surface area contributed by atoms with Gasteiger partial charge in [0.1, 0.15) is 0 Å².